The van der Waals surface area contributed by atoms with Gasteiger partial charge in [-0.15, -0.1) is 0 Å². The summed E-state index contributed by atoms with van der Waals surface area (Å²) in [7, 11) is 1.68. The van der Waals surface area contributed by atoms with Crippen LogP contribution in [-0.2, 0) is 0 Å². The summed E-state index contributed by atoms with van der Waals surface area (Å²) in [4.78, 5) is 2.25. The fraction of sp³-hybridized carbons (Fsp3) is 0.0769. The molecule has 0 aliphatic carbocycles. The van der Waals surface area contributed by atoms with E-state index in [4.69, 9.17) is 16.3 Å². The zero-order valence-electron chi connectivity index (χ0n) is 8.81. The van der Waals surface area contributed by atoms with Gasteiger partial charge in [0.2, 0.25) is 0 Å². The molecule has 0 saturated carbocycles. The molecular formula is C13H11ClOS. The molecule has 0 aliphatic rings. The van der Waals surface area contributed by atoms with Gasteiger partial charge in [0, 0.05) is 9.92 Å². The second kappa shape index (κ2) is 5.28. The molecule has 0 atom stereocenters. The number of halogens is 1. The predicted octanol–water partition coefficient (Wildman–Crippen LogP) is 4.50. The van der Waals surface area contributed by atoms with E-state index in [2.05, 4.69) is 0 Å². The van der Waals surface area contributed by atoms with Crippen molar-refractivity contribution in [3.63, 3.8) is 0 Å². The van der Waals surface area contributed by atoms with Crippen molar-refractivity contribution in [2.45, 2.75) is 9.79 Å². The first-order valence-electron chi connectivity index (χ1n) is 4.86. The Morgan fingerprint density at radius 3 is 2.38 bits per heavy atom. The lowest BCUT2D eigenvalue weighted by Crippen LogP contribution is -1.84. The van der Waals surface area contributed by atoms with E-state index in [1.165, 1.54) is 0 Å². The summed E-state index contributed by atoms with van der Waals surface area (Å²) in [6, 6.07) is 15.7. The Morgan fingerprint density at radius 1 is 1.00 bits per heavy atom. The molecule has 0 N–H and O–H groups in total. The van der Waals surface area contributed by atoms with Gasteiger partial charge in [-0.1, -0.05) is 35.5 Å². The average Bonchev–Trinajstić information content (AvgIpc) is 2.33. The van der Waals surface area contributed by atoms with Crippen molar-refractivity contribution in [1.29, 1.82) is 0 Å². The second-order valence-corrected chi connectivity index (χ2v) is 4.76. The van der Waals surface area contributed by atoms with E-state index in [9.17, 15) is 0 Å². The normalized spacial score (nSPS) is 10.1. The molecule has 0 fully saturated rings. The SMILES string of the molecule is COc1ccccc1Sc1ccc(Cl)cc1. The van der Waals surface area contributed by atoms with Gasteiger partial charge in [0.15, 0.2) is 0 Å². The van der Waals surface area contributed by atoms with Crippen LogP contribution in [0.2, 0.25) is 5.02 Å². The molecule has 0 aromatic heterocycles. The first-order valence-corrected chi connectivity index (χ1v) is 6.05. The largest absolute Gasteiger partial charge is 0.496 e. The monoisotopic (exact) mass is 250 g/mol. The zero-order chi connectivity index (χ0) is 11.4. The molecule has 0 aliphatic heterocycles. The number of hydrogen-bond acceptors (Lipinski definition) is 2. The summed E-state index contributed by atoms with van der Waals surface area (Å²) in [5, 5.41) is 0.754. The number of rotatable bonds is 3. The summed E-state index contributed by atoms with van der Waals surface area (Å²) in [6.07, 6.45) is 0. The van der Waals surface area contributed by atoms with Crippen molar-refractivity contribution in [1.82, 2.24) is 0 Å². The topological polar surface area (TPSA) is 9.23 Å². The van der Waals surface area contributed by atoms with Gasteiger partial charge in [-0.05, 0) is 36.4 Å². The van der Waals surface area contributed by atoms with Crippen LogP contribution in [0.15, 0.2) is 58.3 Å². The molecule has 0 bridgehead atoms. The Kier molecular flexibility index (Phi) is 3.75. The smallest absolute Gasteiger partial charge is 0.132 e. The highest BCUT2D eigenvalue weighted by Gasteiger charge is 2.03. The van der Waals surface area contributed by atoms with E-state index in [0.717, 1.165) is 20.6 Å². The molecule has 0 radical (unpaired) electrons. The summed E-state index contributed by atoms with van der Waals surface area (Å²) < 4.78 is 5.29. The number of para-hydroxylation sites is 1. The number of benzene rings is 2. The highest BCUT2D eigenvalue weighted by atomic mass is 35.5. The number of hydrogen-bond donors (Lipinski definition) is 0. The van der Waals surface area contributed by atoms with E-state index in [-0.39, 0.29) is 0 Å². The lowest BCUT2D eigenvalue weighted by Gasteiger charge is -2.07. The fourth-order valence-corrected chi connectivity index (χ4v) is 2.38. The molecule has 1 nitrogen and oxygen atoms in total. The van der Waals surface area contributed by atoms with Crippen molar-refractivity contribution >= 4 is 23.4 Å². The second-order valence-electron chi connectivity index (χ2n) is 3.21. The minimum atomic E-state index is 0.754. The lowest BCUT2D eigenvalue weighted by atomic mass is 10.3. The van der Waals surface area contributed by atoms with Crippen LogP contribution in [0.25, 0.3) is 0 Å². The molecule has 2 aromatic rings. The van der Waals surface area contributed by atoms with Gasteiger partial charge in [-0.3, -0.25) is 0 Å². The maximum atomic E-state index is 5.84. The van der Waals surface area contributed by atoms with E-state index in [0.29, 0.717) is 0 Å². The quantitative estimate of drug-likeness (QED) is 0.793. The maximum Gasteiger partial charge on any atom is 0.132 e. The molecule has 0 spiro atoms. The Balaban J connectivity index is 2.23. The molecule has 0 heterocycles. The van der Waals surface area contributed by atoms with Crippen LogP contribution < -0.4 is 4.74 Å². The van der Waals surface area contributed by atoms with E-state index in [1.807, 2.05) is 48.5 Å². The van der Waals surface area contributed by atoms with Crippen molar-refractivity contribution < 1.29 is 4.74 Å². The summed E-state index contributed by atoms with van der Waals surface area (Å²) in [5.41, 5.74) is 0. The zero-order valence-corrected chi connectivity index (χ0v) is 10.4. The molecule has 0 saturated heterocycles. The predicted molar refractivity (Wildman–Crippen MR) is 68.6 cm³/mol. The Labute approximate surface area is 104 Å². The van der Waals surface area contributed by atoms with Crippen LogP contribution in [0, 0.1) is 0 Å². The Hall–Kier alpha value is -1.12. The molecular weight excluding hydrogens is 240 g/mol. The third-order valence-corrected chi connectivity index (χ3v) is 3.43. The third kappa shape index (κ3) is 2.71. The first-order chi connectivity index (χ1) is 7.79. The van der Waals surface area contributed by atoms with Crippen molar-refractivity contribution in [2.24, 2.45) is 0 Å². The highest BCUT2D eigenvalue weighted by molar-refractivity contribution is 7.99. The molecule has 2 aromatic carbocycles. The fourth-order valence-electron chi connectivity index (χ4n) is 1.33. The van der Waals surface area contributed by atoms with E-state index >= 15 is 0 Å². The molecule has 0 unspecified atom stereocenters. The van der Waals surface area contributed by atoms with E-state index in [1.54, 1.807) is 18.9 Å². The van der Waals surface area contributed by atoms with Gasteiger partial charge >= 0.3 is 0 Å². The third-order valence-electron chi connectivity index (χ3n) is 2.11. The standard InChI is InChI=1S/C13H11ClOS/c1-15-12-4-2-3-5-13(12)16-11-8-6-10(14)7-9-11/h2-9H,1H3. The first kappa shape index (κ1) is 11.4. The minimum absolute atomic E-state index is 0.754. The van der Waals surface area contributed by atoms with Crippen LogP contribution in [0.3, 0.4) is 0 Å². The van der Waals surface area contributed by atoms with Gasteiger partial charge in [0.25, 0.3) is 0 Å². The van der Waals surface area contributed by atoms with Gasteiger partial charge in [0.05, 0.1) is 12.0 Å². The number of methoxy groups -OCH3 is 1. The Bertz CT molecular complexity index is 468. The number of ether oxygens (including phenoxy) is 1. The molecule has 82 valence electrons. The Morgan fingerprint density at radius 2 is 1.69 bits per heavy atom. The molecule has 2 rings (SSSR count). The van der Waals surface area contributed by atoms with Gasteiger partial charge in [-0.2, -0.15) is 0 Å². The molecule has 3 heteroatoms. The minimum Gasteiger partial charge on any atom is -0.496 e. The molecule has 16 heavy (non-hydrogen) atoms. The highest BCUT2D eigenvalue weighted by Crippen LogP contribution is 2.34. The van der Waals surface area contributed by atoms with Gasteiger partial charge < -0.3 is 4.74 Å². The van der Waals surface area contributed by atoms with Crippen LogP contribution in [0.1, 0.15) is 0 Å². The maximum absolute atomic E-state index is 5.84. The lowest BCUT2D eigenvalue weighted by molar-refractivity contribution is 0.405. The summed E-state index contributed by atoms with van der Waals surface area (Å²) >= 11 is 7.50. The van der Waals surface area contributed by atoms with Crippen LogP contribution in [0.4, 0.5) is 0 Å². The summed E-state index contributed by atoms with van der Waals surface area (Å²) in [6.45, 7) is 0. The average molecular weight is 251 g/mol. The van der Waals surface area contributed by atoms with Crippen LogP contribution in [0.5, 0.6) is 5.75 Å². The van der Waals surface area contributed by atoms with Gasteiger partial charge in [-0.25, -0.2) is 0 Å². The van der Waals surface area contributed by atoms with Crippen LogP contribution in [-0.4, -0.2) is 7.11 Å². The van der Waals surface area contributed by atoms with Crippen LogP contribution >= 0.6 is 23.4 Å². The van der Waals surface area contributed by atoms with Crippen molar-refractivity contribution in [2.75, 3.05) is 7.11 Å². The van der Waals surface area contributed by atoms with Gasteiger partial charge in [0.1, 0.15) is 5.75 Å². The van der Waals surface area contributed by atoms with Crippen molar-refractivity contribution in [3.8, 4) is 5.75 Å². The summed E-state index contributed by atoms with van der Waals surface area (Å²) in [5.74, 6) is 0.891. The van der Waals surface area contributed by atoms with Crippen molar-refractivity contribution in [3.05, 3.63) is 53.6 Å². The molecule has 0 amide bonds. The van der Waals surface area contributed by atoms with E-state index < -0.39 is 0 Å².